The molecule has 2 amide bonds. The van der Waals surface area contributed by atoms with Crippen LogP contribution in [0, 0.1) is 17.3 Å². The average molecular weight is 372 g/mol. The summed E-state index contributed by atoms with van der Waals surface area (Å²) in [4.78, 5) is 29.9. The van der Waals surface area contributed by atoms with E-state index in [4.69, 9.17) is 4.74 Å². The molecule has 27 heavy (non-hydrogen) atoms. The summed E-state index contributed by atoms with van der Waals surface area (Å²) in [6.07, 6.45) is 6.04. The lowest BCUT2D eigenvalue weighted by atomic mass is 9.51. The number of methoxy groups -OCH3 is 1. The van der Waals surface area contributed by atoms with E-state index in [2.05, 4.69) is 27.9 Å². The summed E-state index contributed by atoms with van der Waals surface area (Å²) >= 11 is 0. The minimum absolute atomic E-state index is 0.0201. The summed E-state index contributed by atoms with van der Waals surface area (Å²) in [6, 6.07) is 3.56. The second-order valence-corrected chi connectivity index (χ2v) is 8.44. The number of pyridine rings is 1. The third-order valence-corrected chi connectivity index (χ3v) is 6.68. The number of nitrogens with zero attached hydrogens (tertiary/aromatic N) is 1. The van der Waals surface area contributed by atoms with Crippen molar-refractivity contribution < 1.29 is 14.3 Å². The van der Waals surface area contributed by atoms with Crippen LogP contribution >= 0.6 is 0 Å². The highest BCUT2D eigenvalue weighted by molar-refractivity contribution is 6.01. The molecular weight excluding hydrogens is 344 g/mol. The third kappa shape index (κ3) is 3.08. The van der Waals surface area contributed by atoms with E-state index in [1.165, 1.54) is 0 Å². The minimum atomic E-state index is -0.502. The number of hydrogen-bond donors (Lipinski definition) is 3. The third-order valence-electron chi connectivity index (χ3n) is 6.68. The Kier molecular flexibility index (Phi) is 4.58. The fourth-order valence-corrected chi connectivity index (χ4v) is 5.27. The van der Waals surface area contributed by atoms with Crippen LogP contribution in [0.25, 0.3) is 0 Å². The molecule has 3 saturated carbocycles. The first-order chi connectivity index (χ1) is 13.0. The number of hydrogen-bond acceptors (Lipinski definition) is 5. The van der Waals surface area contributed by atoms with Gasteiger partial charge in [0.1, 0.15) is 11.5 Å². The quantitative estimate of drug-likeness (QED) is 0.687. The lowest BCUT2D eigenvalue weighted by molar-refractivity contribution is -0.139. The van der Waals surface area contributed by atoms with Crippen LogP contribution in [0.1, 0.15) is 49.4 Å². The van der Waals surface area contributed by atoms with Gasteiger partial charge in [-0.15, -0.1) is 0 Å². The molecule has 1 aromatic heterocycles. The van der Waals surface area contributed by atoms with Crippen molar-refractivity contribution in [2.24, 2.45) is 17.3 Å². The second-order valence-electron chi connectivity index (χ2n) is 8.44. The topological polar surface area (TPSA) is 92.4 Å². The van der Waals surface area contributed by atoms with E-state index in [0.717, 1.165) is 32.1 Å². The Balaban J connectivity index is 1.51. The van der Waals surface area contributed by atoms with Gasteiger partial charge in [-0.1, -0.05) is 6.92 Å². The smallest absolute Gasteiger partial charge is 0.256 e. The molecule has 0 saturated heterocycles. The van der Waals surface area contributed by atoms with Crippen LogP contribution in [-0.2, 0) is 9.53 Å². The van der Waals surface area contributed by atoms with Gasteiger partial charge in [0.2, 0.25) is 5.91 Å². The number of carbonyl (C=O) groups is 2. The normalized spacial score (nSPS) is 33.9. The van der Waals surface area contributed by atoms with Gasteiger partial charge in [0, 0.05) is 38.3 Å². The van der Waals surface area contributed by atoms with E-state index in [9.17, 15) is 9.59 Å². The monoisotopic (exact) mass is 372 g/mol. The first kappa shape index (κ1) is 18.2. The Labute approximate surface area is 159 Å². The zero-order valence-electron chi connectivity index (χ0n) is 16.0. The standard InChI is InChI=1S/C20H28N4O3/c1-19-7-6-13(11-15(19)18(26)22-9-4-10-27-2)20(12-19)23-16-14(17(25)24-20)5-3-8-21-16/h3,5,8,13,15H,4,6-7,9-12H2,1-2H3,(H,21,23)(H,22,26)(H,24,25)/t13-,15+,19+,20-/m1/s1. The fourth-order valence-electron chi connectivity index (χ4n) is 5.27. The molecule has 4 atom stereocenters. The average Bonchev–Trinajstić information content (AvgIpc) is 2.64. The molecule has 0 aromatic carbocycles. The number of nitrogens with one attached hydrogen (secondary N) is 3. The Hall–Kier alpha value is -2.15. The van der Waals surface area contributed by atoms with Gasteiger partial charge in [0.25, 0.3) is 5.91 Å². The highest BCUT2D eigenvalue weighted by atomic mass is 16.5. The van der Waals surface area contributed by atoms with Gasteiger partial charge < -0.3 is 20.7 Å². The second kappa shape index (κ2) is 6.78. The molecule has 3 fully saturated rings. The molecule has 0 unspecified atom stereocenters. The zero-order valence-corrected chi connectivity index (χ0v) is 16.0. The molecule has 4 aliphatic rings. The van der Waals surface area contributed by atoms with Crippen LogP contribution < -0.4 is 16.0 Å². The molecule has 1 aromatic rings. The van der Waals surface area contributed by atoms with Crippen molar-refractivity contribution >= 4 is 17.6 Å². The molecule has 5 rings (SSSR count). The molecule has 0 radical (unpaired) electrons. The predicted octanol–water partition coefficient (Wildman–Crippen LogP) is 1.91. The van der Waals surface area contributed by atoms with Gasteiger partial charge >= 0.3 is 0 Å². The lowest BCUT2D eigenvalue weighted by Gasteiger charge is -2.60. The molecule has 3 N–H and O–H groups in total. The largest absolute Gasteiger partial charge is 0.385 e. The number of ether oxygens (including phenoxy) is 1. The first-order valence-electron chi connectivity index (χ1n) is 9.80. The van der Waals surface area contributed by atoms with Crippen molar-refractivity contribution in [3.05, 3.63) is 23.9 Å². The molecule has 2 bridgehead atoms. The van der Waals surface area contributed by atoms with E-state index in [-0.39, 0.29) is 29.1 Å². The number of aromatic nitrogens is 1. The number of rotatable bonds is 5. The van der Waals surface area contributed by atoms with Crippen LogP contribution in [0.5, 0.6) is 0 Å². The summed E-state index contributed by atoms with van der Waals surface area (Å²) < 4.78 is 5.05. The van der Waals surface area contributed by atoms with Crippen molar-refractivity contribution in [1.29, 1.82) is 0 Å². The van der Waals surface area contributed by atoms with E-state index in [1.54, 1.807) is 25.4 Å². The van der Waals surface area contributed by atoms with Crippen LogP contribution in [0.3, 0.4) is 0 Å². The SMILES string of the molecule is COCCCNC(=O)[C@@H]1C[C@H]2CC[C@@]1(C)C[C@@]21NC(=O)c2cccnc2N1. The molecule has 1 aliphatic heterocycles. The van der Waals surface area contributed by atoms with Crippen molar-refractivity contribution in [2.45, 2.75) is 44.7 Å². The Bertz CT molecular complexity index is 754. The van der Waals surface area contributed by atoms with Gasteiger partial charge in [-0.25, -0.2) is 4.98 Å². The maximum absolute atomic E-state index is 12.8. The molecule has 146 valence electrons. The van der Waals surface area contributed by atoms with E-state index < -0.39 is 5.66 Å². The van der Waals surface area contributed by atoms with E-state index in [1.807, 2.05) is 0 Å². The zero-order chi connectivity index (χ0) is 19.1. The first-order valence-corrected chi connectivity index (χ1v) is 9.80. The van der Waals surface area contributed by atoms with Crippen LogP contribution in [0.4, 0.5) is 5.82 Å². The molecule has 1 spiro atoms. The summed E-state index contributed by atoms with van der Waals surface area (Å²) in [5.41, 5.74) is -0.0626. The highest BCUT2D eigenvalue weighted by Crippen LogP contribution is 2.58. The van der Waals surface area contributed by atoms with Crippen molar-refractivity contribution in [3.8, 4) is 0 Å². The maximum Gasteiger partial charge on any atom is 0.256 e. The van der Waals surface area contributed by atoms with Crippen LogP contribution in [-0.4, -0.2) is 42.7 Å². The van der Waals surface area contributed by atoms with Gasteiger partial charge in [0.15, 0.2) is 0 Å². The predicted molar refractivity (Wildman–Crippen MR) is 101 cm³/mol. The Morgan fingerprint density at radius 1 is 1.44 bits per heavy atom. The van der Waals surface area contributed by atoms with E-state index in [0.29, 0.717) is 24.5 Å². The van der Waals surface area contributed by atoms with Gasteiger partial charge in [-0.3, -0.25) is 9.59 Å². The van der Waals surface area contributed by atoms with Crippen LogP contribution in [0.15, 0.2) is 18.3 Å². The highest BCUT2D eigenvalue weighted by Gasteiger charge is 2.60. The molecule has 3 aliphatic carbocycles. The fraction of sp³-hybridized carbons (Fsp3) is 0.650. The van der Waals surface area contributed by atoms with Gasteiger partial charge in [-0.05, 0) is 49.7 Å². The number of amides is 2. The molecule has 2 heterocycles. The van der Waals surface area contributed by atoms with E-state index >= 15 is 0 Å². The van der Waals surface area contributed by atoms with Crippen molar-refractivity contribution in [1.82, 2.24) is 15.6 Å². The number of fused-ring (bicyclic) bond motifs is 3. The summed E-state index contributed by atoms with van der Waals surface area (Å²) in [5.74, 6) is 0.904. The number of anilines is 1. The summed E-state index contributed by atoms with van der Waals surface area (Å²) in [5, 5.41) is 9.83. The summed E-state index contributed by atoms with van der Waals surface area (Å²) in [7, 11) is 1.67. The van der Waals surface area contributed by atoms with Crippen LogP contribution in [0.2, 0.25) is 0 Å². The van der Waals surface area contributed by atoms with Crippen molar-refractivity contribution in [2.75, 3.05) is 25.6 Å². The van der Waals surface area contributed by atoms with Gasteiger partial charge in [0.05, 0.1) is 5.56 Å². The summed E-state index contributed by atoms with van der Waals surface area (Å²) in [6.45, 7) is 3.48. The lowest BCUT2D eigenvalue weighted by Crippen LogP contribution is -2.70. The van der Waals surface area contributed by atoms with Gasteiger partial charge in [-0.2, -0.15) is 0 Å². The Morgan fingerprint density at radius 3 is 3.07 bits per heavy atom. The minimum Gasteiger partial charge on any atom is -0.385 e. The molecule has 7 nitrogen and oxygen atoms in total. The van der Waals surface area contributed by atoms with Crippen molar-refractivity contribution in [3.63, 3.8) is 0 Å². The molecule has 7 heteroatoms. The maximum atomic E-state index is 12.8. The Morgan fingerprint density at radius 2 is 2.30 bits per heavy atom. The number of carbonyl (C=O) groups excluding carboxylic acids is 2. The molecular formula is C20H28N4O3.